The van der Waals surface area contributed by atoms with E-state index in [1.165, 1.54) is 23.1 Å². The summed E-state index contributed by atoms with van der Waals surface area (Å²) in [6.45, 7) is 9.13. The first-order chi connectivity index (χ1) is 16.0. The van der Waals surface area contributed by atoms with Gasteiger partial charge < -0.3 is 9.47 Å². The van der Waals surface area contributed by atoms with Gasteiger partial charge in [-0.2, -0.15) is 0 Å². The summed E-state index contributed by atoms with van der Waals surface area (Å²) >= 11 is 0. The van der Waals surface area contributed by atoms with Gasteiger partial charge in [-0.15, -0.1) is 0 Å². The lowest BCUT2D eigenvalue weighted by molar-refractivity contribution is -0.0323. The molecule has 3 aromatic rings. The summed E-state index contributed by atoms with van der Waals surface area (Å²) in [5, 5.41) is -0.353. The Balaban J connectivity index is 2.07. The van der Waals surface area contributed by atoms with Gasteiger partial charge >= 0.3 is 0 Å². The van der Waals surface area contributed by atoms with Crippen molar-refractivity contribution >= 4 is 8.07 Å². The van der Waals surface area contributed by atoms with Crippen LogP contribution in [0.3, 0.4) is 0 Å². The molecule has 174 valence electrons. The highest BCUT2D eigenvalue weighted by Gasteiger charge is 2.62. The molecular weight excluding hydrogens is 420 g/mol. The Morgan fingerprint density at radius 2 is 1.24 bits per heavy atom. The van der Waals surface area contributed by atoms with Crippen LogP contribution in [0.2, 0.25) is 18.1 Å². The largest absolute Gasteiger partial charge is 0.384 e. The molecule has 2 atom stereocenters. The summed E-state index contributed by atoms with van der Waals surface area (Å²) < 4.78 is 12.5. The third-order valence-electron chi connectivity index (χ3n) is 8.32. The maximum atomic E-state index is 6.54. The third kappa shape index (κ3) is 4.01. The second-order valence-corrected chi connectivity index (χ2v) is 15.3. The molecule has 0 amide bonds. The quantitative estimate of drug-likeness (QED) is 0.261. The summed E-state index contributed by atoms with van der Waals surface area (Å²) in [6.07, 6.45) is 3.68. The molecule has 0 aliphatic carbocycles. The SMILES string of the molecule is COCC(C)(C1CCCCO1)[Si](C)(C)C(c1ccccc1)(c1ccccc1)c1ccccc1. The summed E-state index contributed by atoms with van der Waals surface area (Å²) in [5.74, 6) is 0. The molecule has 0 bridgehead atoms. The van der Waals surface area contributed by atoms with E-state index in [4.69, 9.17) is 9.47 Å². The molecule has 1 fully saturated rings. The molecule has 1 saturated heterocycles. The van der Waals surface area contributed by atoms with Crippen LogP contribution in [0.15, 0.2) is 91.0 Å². The highest BCUT2D eigenvalue weighted by atomic mass is 28.3. The van der Waals surface area contributed by atoms with Gasteiger partial charge in [-0.25, -0.2) is 0 Å². The zero-order valence-corrected chi connectivity index (χ0v) is 21.6. The fourth-order valence-electron chi connectivity index (χ4n) is 6.29. The predicted molar refractivity (Wildman–Crippen MR) is 141 cm³/mol. The molecule has 0 radical (unpaired) electrons. The van der Waals surface area contributed by atoms with E-state index in [1.54, 1.807) is 0 Å². The smallest absolute Gasteiger partial charge is 0.0814 e. The van der Waals surface area contributed by atoms with Gasteiger partial charge in [0.15, 0.2) is 0 Å². The van der Waals surface area contributed by atoms with Crippen molar-refractivity contribution in [3.8, 4) is 0 Å². The van der Waals surface area contributed by atoms with Gasteiger partial charge in [0, 0.05) is 23.8 Å². The summed E-state index contributed by atoms with van der Waals surface area (Å²) in [6, 6.07) is 33.4. The van der Waals surface area contributed by atoms with Gasteiger partial charge in [0.1, 0.15) is 0 Å². The second-order valence-electron chi connectivity index (χ2n) is 10.2. The van der Waals surface area contributed by atoms with Crippen LogP contribution in [0.25, 0.3) is 0 Å². The molecule has 0 aromatic heterocycles. The molecule has 3 aromatic carbocycles. The summed E-state index contributed by atoms with van der Waals surface area (Å²) in [5.41, 5.74) is 4.08. The molecule has 3 heteroatoms. The lowest BCUT2D eigenvalue weighted by Crippen LogP contribution is -2.65. The monoisotopic (exact) mass is 458 g/mol. The Kier molecular flexibility index (Phi) is 7.23. The van der Waals surface area contributed by atoms with E-state index in [-0.39, 0.29) is 16.2 Å². The Hall–Kier alpha value is -2.20. The van der Waals surface area contributed by atoms with Crippen LogP contribution < -0.4 is 0 Å². The zero-order chi connectivity index (χ0) is 23.4. The van der Waals surface area contributed by atoms with Gasteiger partial charge in [0.05, 0.1) is 20.8 Å². The minimum absolute atomic E-state index is 0.0936. The second kappa shape index (κ2) is 9.96. The number of hydrogen-bond donors (Lipinski definition) is 0. The minimum atomic E-state index is -2.32. The number of methoxy groups -OCH3 is 1. The first-order valence-electron chi connectivity index (χ1n) is 12.3. The average Bonchev–Trinajstić information content (AvgIpc) is 2.87. The highest BCUT2D eigenvalue weighted by Crippen LogP contribution is 2.58. The Morgan fingerprint density at radius 1 is 0.788 bits per heavy atom. The number of rotatable bonds is 8. The van der Waals surface area contributed by atoms with Crippen molar-refractivity contribution in [3.63, 3.8) is 0 Å². The molecule has 1 heterocycles. The number of hydrogen-bond acceptors (Lipinski definition) is 2. The maximum Gasteiger partial charge on any atom is 0.0814 e. The molecule has 1 aliphatic rings. The fraction of sp³-hybridized carbons (Fsp3) is 0.400. The molecular formula is C30H38O2Si. The van der Waals surface area contributed by atoms with E-state index in [1.807, 2.05) is 7.11 Å². The van der Waals surface area contributed by atoms with Crippen LogP contribution >= 0.6 is 0 Å². The lowest BCUT2D eigenvalue weighted by Gasteiger charge is -2.58. The fourth-order valence-corrected chi connectivity index (χ4v) is 11.4. The van der Waals surface area contributed by atoms with Crippen molar-refractivity contribution < 1.29 is 9.47 Å². The summed E-state index contributed by atoms with van der Waals surface area (Å²) in [4.78, 5) is 0. The molecule has 0 N–H and O–H groups in total. The normalized spacial score (nSPS) is 19.1. The summed E-state index contributed by atoms with van der Waals surface area (Å²) in [7, 11) is -0.470. The van der Waals surface area contributed by atoms with Crippen LogP contribution in [0, 0.1) is 0 Å². The van der Waals surface area contributed by atoms with Crippen molar-refractivity contribution in [2.45, 2.75) is 55.5 Å². The molecule has 0 saturated carbocycles. The molecule has 1 aliphatic heterocycles. The van der Waals surface area contributed by atoms with E-state index in [0.29, 0.717) is 6.61 Å². The molecule has 4 rings (SSSR count). The highest BCUT2D eigenvalue weighted by molar-refractivity contribution is 6.84. The first kappa shape index (κ1) is 23.9. The molecule has 33 heavy (non-hydrogen) atoms. The van der Waals surface area contributed by atoms with Gasteiger partial charge in [-0.1, -0.05) is 111 Å². The van der Waals surface area contributed by atoms with Crippen LogP contribution in [0.5, 0.6) is 0 Å². The van der Waals surface area contributed by atoms with Crippen LogP contribution in [0.4, 0.5) is 0 Å². The Morgan fingerprint density at radius 3 is 1.61 bits per heavy atom. The number of benzene rings is 3. The predicted octanol–water partition coefficient (Wildman–Crippen LogP) is 7.24. The van der Waals surface area contributed by atoms with Crippen molar-refractivity contribution in [1.82, 2.24) is 0 Å². The van der Waals surface area contributed by atoms with Crippen molar-refractivity contribution in [3.05, 3.63) is 108 Å². The molecule has 0 spiro atoms. The van der Waals surface area contributed by atoms with Gasteiger partial charge in [0.25, 0.3) is 0 Å². The van der Waals surface area contributed by atoms with Crippen LogP contribution in [-0.2, 0) is 14.5 Å². The standard InChI is InChI=1S/C30H38O2Si/c1-29(24-31-2,28-22-14-15-23-32-28)33(3,4)30(25-16-8-5-9-17-25,26-18-10-6-11-19-26)27-20-12-7-13-21-27/h5-13,16-21,28H,14-15,22-24H2,1-4H3. The van der Waals surface area contributed by atoms with Crippen LogP contribution in [0.1, 0.15) is 42.9 Å². The van der Waals surface area contributed by atoms with E-state index in [0.717, 1.165) is 19.4 Å². The van der Waals surface area contributed by atoms with E-state index in [2.05, 4.69) is 111 Å². The molecule has 2 nitrogen and oxygen atoms in total. The van der Waals surface area contributed by atoms with Gasteiger partial charge in [-0.05, 0) is 36.0 Å². The van der Waals surface area contributed by atoms with E-state index >= 15 is 0 Å². The van der Waals surface area contributed by atoms with Gasteiger partial charge in [-0.3, -0.25) is 0 Å². The third-order valence-corrected chi connectivity index (χ3v) is 14.4. The Bertz CT molecular complexity index is 901. The average molecular weight is 459 g/mol. The Labute approximate surface area is 201 Å². The van der Waals surface area contributed by atoms with Crippen molar-refractivity contribution in [2.24, 2.45) is 0 Å². The minimum Gasteiger partial charge on any atom is -0.384 e. The van der Waals surface area contributed by atoms with E-state index < -0.39 is 8.07 Å². The molecule has 2 unspecified atom stereocenters. The zero-order valence-electron chi connectivity index (χ0n) is 20.6. The first-order valence-corrected chi connectivity index (χ1v) is 15.3. The van der Waals surface area contributed by atoms with E-state index in [9.17, 15) is 0 Å². The maximum absolute atomic E-state index is 6.54. The van der Waals surface area contributed by atoms with Crippen molar-refractivity contribution in [2.75, 3.05) is 20.3 Å². The van der Waals surface area contributed by atoms with Crippen LogP contribution in [-0.4, -0.2) is 34.5 Å². The van der Waals surface area contributed by atoms with Crippen molar-refractivity contribution in [1.29, 1.82) is 0 Å². The lowest BCUT2D eigenvalue weighted by atomic mass is 9.83. The number of ether oxygens (including phenoxy) is 2. The topological polar surface area (TPSA) is 18.5 Å². The van der Waals surface area contributed by atoms with Gasteiger partial charge in [0.2, 0.25) is 0 Å².